The zero-order valence-electron chi connectivity index (χ0n) is 21.9. The number of nitrogens with zero attached hydrogens (tertiary/aromatic N) is 2. The number of amides is 1. The van der Waals surface area contributed by atoms with Crippen molar-refractivity contribution in [2.75, 3.05) is 19.7 Å². The Bertz CT molecular complexity index is 800. The lowest BCUT2D eigenvalue weighted by Crippen LogP contribution is -2.44. The summed E-state index contributed by atoms with van der Waals surface area (Å²) in [5, 5.41) is 13.5. The van der Waals surface area contributed by atoms with Crippen LogP contribution in [0.15, 0.2) is 24.3 Å². The van der Waals surface area contributed by atoms with Crippen LogP contribution in [0.1, 0.15) is 95.5 Å². The molecule has 1 amide bonds. The van der Waals surface area contributed by atoms with Crippen LogP contribution in [-0.2, 0) is 11.3 Å². The molecule has 1 aromatic rings. The minimum Gasteiger partial charge on any atom is -0.448 e. The van der Waals surface area contributed by atoms with Crippen molar-refractivity contribution in [1.82, 2.24) is 10.2 Å². The Morgan fingerprint density at radius 2 is 1.56 bits per heavy atom. The van der Waals surface area contributed by atoms with E-state index in [9.17, 15) is 14.9 Å². The number of nitro groups is 1. The maximum absolute atomic E-state index is 12.2. The highest BCUT2D eigenvalue weighted by Gasteiger charge is 2.35. The van der Waals surface area contributed by atoms with Crippen molar-refractivity contribution in [2.45, 2.75) is 102 Å². The number of carbonyl (C=O) groups is 1. The molecule has 4 rings (SSSR count). The van der Waals surface area contributed by atoms with Crippen LogP contribution >= 0.6 is 0 Å². The Kier molecular flexibility index (Phi) is 10.4. The molecule has 0 bridgehead atoms. The number of carbonyl (C=O) groups excluding carboxylic acids is 1. The number of nitro benzene ring substituents is 1. The lowest BCUT2D eigenvalue weighted by molar-refractivity contribution is -0.384. The van der Waals surface area contributed by atoms with E-state index in [0.29, 0.717) is 19.2 Å². The van der Waals surface area contributed by atoms with Crippen molar-refractivity contribution in [3.05, 3.63) is 39.9 Å². The molecular formula is C29H45N3O4. The molecular weight excluding hydrogens is 454 g/mol. The summed E-state index contributed by atoms with van der Waals surface area (Å²) in [7, 11) is 0. The summed E-state index contributed by atoms with van der Waals surface area (Å²) in [6.07, 6.45) is 19.0. The molecule has 200 valence electrons. The molecule has 3 aliphatic rings. The first-order valence-corrected chi connectivity index (χ1v) is 14.5. The zero-order chi connectivity index (χ0) is 25.2. The summed E-state index contributed by atoms with van der Waals surface area (Å²) < 4.78 is 5.51. The Balaban J connectivity index is 1.24. The van der Waals surface area contributed by atoms with Gasteiger partial charge in [0.05, 0.1) is 4.92 Å². The summed E-state index contributed by atoms with van der Waals surface area (Å²) >= 11 is 0. The molecule has 2 aliphatic carbocycles. The monoisotopic (exact) mass is 499 g/mol. The average Bonchev–Trinajstić information content (AvgIpc) is 2.92. The number of benzene rings is 1. The SMILES string of the molecule is O=C(NCc1ccc([N+](=O)[O-])cc1)OCCN1CCCCC1CC(C1CCCCC1)C1CCCCC1. The first kappa shape index (κ1) is 26.9. The fourth-order valence-corrected chi connectivity index (χ4v) is 7.05. The van der Waals surface area contributed by atoms with E-state index < -0.39 is 11.0 Å². The fourth-order valence-electron chi connectivity index (χ4n) is 7.05. The van der Waals surface area contributed by atoms with E-state index in [2.05, 4.69) is 10.2 Å². The van der Waals surface area contributed by atoms with E-state index >= 15 is 0 Å². The van der Waals surface area contributed by atoms with Gasteiger partial charge in [-0.15, -0.1) is 0 Å². The normalized spacial score (nSPS) is 22.4. The number of alkyl carbamates (subject to hydrolysis) is 1. The van der Waals surface area contributed by atoms with Gasteiger partial charge in [-0.25, -0.2) is 4.79 Å². The van der Waals surface area contributed by atoms with Crippen molar-refractivity contribution < 1.29 is 14.5 Å². The molecule has 1 N–H and O–H groups in total. The van der Waals surface area contributed by atoms with E-state index in [1.807, 2.05) is 0 Å². The molecule has 1 aliphatic heterocycles. The van der Waals surface area contributed by atoms with Gasteiger partial charge in [-0.05, 0) is 49.1 Å². The molecule has 1 saturated heterocycles. The first-order valence-electron chi connectivity index (χ1n) is 14.5. The largest absolute Gasteiger partial charge is 0.448 e. The third-order valence-corrected chi connectivity index (χ3v) is 9.00. The fraction of sp³-hybridized carbons (Fsp3) is 0.759. The van der Waals surface area contributed by atoms with Gasteiger partial charge in [0.1, 0.15) is 6.61 Å². The summed E-state index contributed by atoms with van der Waals surface area (Å²) in [4.78, 5) is 25.2. The lowest BCUT2D eigenvalue weighted by atomic mass is 9.67. The maximum Gasteiger partial charge on any atom is 0.407 e. The Morgan fingerprint density at radius 1 is 0.944 bits per heavy atom. The lowest BCUT2D eigenvalue weighted by Gasteiger charge is -2.43. The summed E-state index contributed by atoms with van der Waals surface area (Å²) in [5.41, 5.74) is 0.858. The van der Waals surface area contributed by atoms with Crippen molar-refractivity contribution in [3.63, 3.8) is 0 Å². The van der Waals surface area contributed by atoms with Gasteiger partial charge in [0.2, 0.25) is 0 Å². The van der Waals surface area contributed by atoms with Crippen LogP contribution in [0.5, 0.6) is 0 Å². The van der Waals surface area contributed by atoms with Crippen LogP contribution < -0.4 is 5.32 Å². The minimum absolute atomic E-state index is 0.0478. The standard InChI is InChI=1S/C29H45N3O4/c33-29(30-22-23-14-16-26(17-15-23)32(34)35)36-20-19-31-18-8-7-13-27(31)21-28(24-9-3-1-4-10-24)25-11-5-2-6-12-25/h14-17,24-25,27-28H,1-13,18-22H2,(H,30,33). The molecule has 7 nitrogen and oxygen atoms in total. The number of hydrogen-bond donors (Lipinski definition) is 1. The van der Waals surface area contributed by atoms with Gasteiger partial charge in [-0.2, -0.15) is 0 Å². The molecule has 0 aromatic heterocycles. The van der Waals surface area contributed by atoms with Crippen LogP contribution in [0, 0.1) is 27.9 Å². The second kappa shape index (κ2) is 14.0. The number of hydrogen-bond acceptors (Lipinski definition) is 5. The van der Waals surface area contributed by atoms with Crippen molar-refractivity contribution in [1.29, 1.82) is 0 Å². The molecule has 3 fully saturated rings. The van der Waals surface area contributed by atoms with Crippen LogP contribution in [-0.4, -0.2) is 41.7 Å². The van der Waals surface area contributed by atoms with Crippen LogP contribution in [0.3, 0.4) is 0 Å². The quantitative estimate of drug-likeness (QED) is 0.281. The highest BCUT2D eigenvalue weighted by Crippen LogP contribution is 2.43. The van der Waals surface area contributed by atoms with Gasteiger partial charge in [0.15, 0.2) is 0 Å². The van der Waals surface area contributed by atoms with Crippen molar-refractivity contribution in [3.8, 4) is 0 Å². The van der Waals surface area contributed by atoms with Crippen LogP contribution in [0.25, 0.3) is 0 Å². The topological polar surface area (TPSA) is 84.7 Å². The number of non-ortho nitro benzene ring substituents is 1. The van der Waals surface area contributed by atoms with Crippen LogP contribution in [0.4, 0.5) is 10.5 Å². The molecule has 0 radical (unpaired) electrons. The number of ether oxygens (including phenoxy) is 1. The molecule has 0 spiro atoms. The molecule has 1 heterocycles. The Hall–Kier alpha value is -2.15. The number of nitrogens with one attached hydrogen (secondary N) is 1. The van der Waals surface area contributed by atoms with E-state index in [0.717, 1.165) is 36.4 Å². The highest BCUT2D eigenvalue weighted by molar-refractivity contribution is 5.67. The van der Waals surface area contributed by atoms with E-state index in [1.54, 1.807) is 12.1 Å². The molecule has 36 heavy (non-hydrogen) atoms. The highest BCUT2D eigenvalue weighted by atomic mass is 16.6. The maximum atomic E-state index is 12.2. The van der Waals surface area contributed by atoms with Gasteiger partial charge in [-0.1, -0.05) is 82.8 Å². The molecule has 1 atom stereocenters. The van der Waals surface area contributed by atoms with Gasteiger partial charge >= 0.3 is 6.09 Å². The number of rotatable bonds is 10. The smallest absolute Gasteiger partial charge is 0.407 e. The number of likely N-dealkylation sites (tertiary alicyclic amines) is 1. The average molecular weight is 500 g/mol. The predicted octanol–water partition coefficient (Wildman–Crippen LogP) is 6.84. The third-order valence-electron chi connectivity index (χ3n) is 9.00. The Labute approximate surface area is 216 Å². The van der Waals surface area contributed by atoms with E-state index in [1.165, 1.54) is 102 Å². The number of piperidine rings is 1. The van der Waals surface area contributed by atoms with Gasteiger partial charge in [0.25, 0.3) is 5.69 Å². The summed E-state index contributed by atoms with van der Waals surface area (Å²) in [6, 6.07) is 6.84. The van der Waals surface area contributed by atoms with Crippen molar-refractivity contribution in [2.24, 2.45) is 17.8 Å². The third kappa shape index (κ3) is 7.92. The molecule has 1 unspecified atom stereocenters. The summed E-state index contributed by atoms with van der Waals surface area (Å²) in [5.74, 6) is 2.72. The van der Waals surface area contributed by atoms with Gasteiger partial charge < -0.3 is 10.1 Å². The predicted molar refractivity (Wildman–Crippen MR) is 142 cm³/mol. The zero-order valence-corrected chi connectivity index (χ0v) is 21.9. The van der Waals surface area contributed by atoms with E-state index in [4.69, 9.17) is 4.74 Å². The molecule has 2 saturated carbocycles. The van der Waals surface area contributed by atoms with E-state index in [-0.39, 0.29) is 5.69 Å². The van der Waals surface area contributed by atoms with Gasteiger partial charge in [0, 0.05) is 31.3 Å². The Morgan fingerprint density at radius 3 is 2.17 bits per heavy atom. The van der Waals surface area contributed by atoms with Crippen molar-refractivity contribution >= 4 is 11.8 Å². The van der Waals surface area contributed by atoms with Crippen LogP contribution in [0.2, 0.25) is 0 Å². The second-order valence-electron chi connectivity index (χ2n) is 11.3. The van der Waals surface area contributed by atoms with Gasteiger partial charge in [-0.3, -0.25) is 15.0 Å². The first-order chi connectivity index (χ1) is 17.6. The summed E-state index contributed by atoms with van der Waals surface area (Å²) in [6.45, 7) is 2.62. The molecule has 1 aromatic carbocycles. The molecule has 7 heteroatoms. The minimum atomic E-state index is -0.427. The second-order valence-corrected chi connectivity index (χ2v) is 11.3.